The molecule has 0 aliphatic carbocycles. The summed E-state index contributed by atoms with van der Waals surface area (Å²) in [6.07, 6.45) is 0.152. The molecule has 0 spiro atoms. The van der Waals surface area contributed by atoms with E-state index in [1.54, 1.807) is 42.5 Å². The lowest BCUT2D eigenvalue weighted by atomic mass is 10.2. The first kappa shape index (κ1) is 21.4. The molecule has 0 heterocycles. The summed E-state index contributed by atoms with van der Waals surface area (Å²) in [6.45, 7) is 2.62. The maximum absolute atomic E-state index is 12.6. The molecule has 148 valence electrons. The minimum atomic E-state index is -3.66. The van der Waals surface area contributed by atoms with Crippen molar-refractivity contribution < 1.29 is 17.9 Å². The predicted octanol–water partition coefficient (Wildman–Crippen LogP) is 2.70. The van der Waals surface area contributed by atoms with Crippen LogP contribution in [0.3, 0.4) is 0 Å². The molecular weight excluding hydrogens is 378 g/mol. The highest BCUT2D eigenvalue weighted by molar-refractivity contribution is 7.89. The van der Waals surface area contributed by atoms with Gasteiger partial charge in [0.2, 0.25) is 15.9 Å². The minimum Gasteiger partial charge on any atom is -0.494 e. The maximum atomic E-state index is 12.6. The van der Waals surface area contributed by atoms with Gasteiger partial charge >= 0.3 is 0 Å². The van der Waals surface area contributed by atoms with Gasteiger partial charge < -0.3 is 9.64 Å². The zero-order valence-electron chi connectivity index (χ0n) is 15.7. The van der Waals surface area contributed by atoms with Crippen LogP contribution in [-0.2, 0) is 14.8 Å². The molecule has 8 heteroatoms. The van der Waals surface area contributed by atoms with Crippen LogP contribution < -0.4 is 14.4 Å². The fourth-order valence-electron chi connectivity index (χ4n) is 2.56. The van der Waals surface area contributed by atoms with Crippen molar-refractivity contribution in [3.63, 3.8) is 0 Å². The van der Waals surface area contributed by atoms with Gasteiger partial charge in [0.1, 0.15) is 5.75 Å². The van der Waals surface area contributed by atoms with E-state index in [4.69, 9.17) is 10.00 Å². The van der Waals surface area contributed by atoms with E-state index in [0.29, 0.717) is 18.0 Å². The molecule has 28 heavy (non-hydrogen) atoms. The lowest BCUT2D eigenvalue weighted by Gasteiger charge is -2.22. The molecule has 0 saturated heterocycles. The Morgan fingerprint density at radius 3 is 2.43 bits per heavy atom. The van der Waals surface area contributed by atoms with Crippen LogP contribution in [-0.4, -0.2) is 34.0 Å². The predicted molar refractivity (Wildman–Crippen MR) is 106 cm³/mol. The summed E-state index contributed by atoms with van der Waals surface area (Å²) >= 11 is 0. The van der Waals surface area contributed by atoms with Gasteiger partial charge in [-0.15, -0.1) is 0 Å². The number of hydrogen-bond donors (Lipinski definition) is 1. The van der Waals surface area contributed by atoms with E-state index < -0.39 is 10.0 Å². The molecule has 0 aliphatic rings. The molecule has 0 fully saturated rings. The molecule has 0 aromatic heterocycles. The van der Waals surface area contributed by atoms with Crippen molar-refractivity contribution in [1.82, 2.24) is 4.72 Å². The van der Waals surface area contributed by atoms with E-state index in [1.807, 2.05) is 13.0 Å². The Hall–Kier alpha value is -2.89. The second-order valence-corrected chi connectivity index (χ2v) is 7.61. The van der Waals surface area contributed by atoms with Crippen molar-refractivity contribution in [2.45, 2.75) is 24.7 Å². The van der Waals surface area contributed by atoms with Crippen molar-refractivity contribution in [2.24, 2.45) is 0 Å². The molecule has 0 unspecified atom stereocenters. The Balaban J connectivity index is 2.02. The molecule has 0 bridgehead atoms. The molecule has 2 rings (SSSR count). The molecule has 1 amide bonds. The van der Waals surface area contributed by atoms with E-state index in [1.165, 1.54) is 17.0 Å². The average molecular weight is 401 g/mol. The summed E-state index contributed by atoms with van der Waals surface area (Å²) in [5.74, 6) is 0.421. The van der Waals surface area contributed by atoms with Crippen molar-refractivity contribution in [2.75, 3.05) is 24.6 Å². The second kappa shape index (κ2) is 10.4. The Kier molecular flexibility index (Phi) is 7.99. The van der Waals surface area contributed by atoms with Crippen LogP contribution in [0.15, 0.2) is 59.5 Å². The van der Waals surface area contributed by atoms with Crippen LogP contribution in [0.2, 0.25) is 0 Å². The SMILES string of the molecule is CCOc1ccc(N(CCC#N)C(=O)CCNS(=O)(=O)c2ccccc2)cc1. The fourth-order valence-corrected chi connectivity index (χ4v) is 3.61. The highest BCUT2D eigenvalue weighted by Crippen LogP contribution is 2.20. The molecule has 0 aliphatic heterocycles. The van der Waals surface area contributed by atoms with Gasteiger partial charge in [-0.25, -0.2) is 13.1 Å². The van der Waals surface area contributed by atoms with E-state index >= 15 is 0 Å². The molecule has 2 aromatic rings. The number of ether oxygens (including phenoxy) is 1. The summed E-state index contributed by atoms with van der Waals surface area (Å²) < 4.78 is 32.3. The molecule has 2 aromatic carbocycles. The van der Waals surface area contributed by atoms with Gasteiger partial charge in [-0.05, 0) is 43.3 Å². The minimum absolute atomic E-state index is 0.0231. The van der Waals surface area contributed by atoms with Crippen LogP contribution >= 0.6 is 0 Å². The summed E-state index contributed by atoms with van der Waals surface area (Å²) in [5.41, 5.74) is 0.634. The van der Waals surface area contributed by atoms with E-state index in [2.05, 4.69) is 4.72 Å². The normalized spacial score (nSPS) is 10.9. The maximum Gasteiger partial charge on any atom is 0.240 e. The van der Waals surface area contributed by atoms with Gasteiger partial charge in [0.15, 0.2) is 0 Å². The zero-order valence-corrected chi connectivity index (χ0v) is 16.5. The number of carbonyl (C=O) groups is 1. The standard InChI is InChI=1S/C20H23N3O4S/c1-2-27-18-11-9-17(10-12-18)23(16-6-14-21)20(24)13-15-22-28(25,26)19-7-4-3-5-8-19/h3-5,7-12,22H,2,6,13,15-16H2,1H3. The molecule has 0 atom stereocenters. The topological polar surface area (TPSA) is 99.5 Å². The number of anilines is 1. The van der Waals surface area contributed by atoms with Crippen LogP contribution in [0.25, 0.3) is 0 Å². The first-order valence-corrected chi connectivity index (χ1v) is 10.4. The quantitative estimate of drug-likeness (QED) is 0.660. The Bertz CT molecular complexity index is 907. The van der Waals surface area contributed by atoms with Crippen LogP contribution in [0.4, 0.5) is 5.69 Å². The van der Waals surface area contributed by atoms with Gasteiger partial charge in [0, 0.05) is 25.2 Å². The summed E-state index contributed by atoms with van der Waals surface area (Å²) in [7, 11) is -3.66. The van der Waals surface area contributed by atoms with Gasteiger partial charge in [-0.3, -0.25) is 4.79 Å². The first-order valence-electron chi connectivity index (χ1n) is 8.93. The lowest BCUT2D eigenvalue weighted by Crippen LogP contribution is -2.35. The number of sulfonamides is 1. The van der Waals surface area contributed by atoms with E-state index in [-0.39, 0.29) is 36.7 Å². The molecule has 7 nitrogen and oxygen atoms in total. The third-order valence-corrected chi connectivity index (χ3v) is 5.37. The highest BCUT2D eigenvalue weighted by Gasteiger charge is 2.18. The molecule has 0 radical (unpaired) electrons. The van der Waals surface area contributed by atoms with Crippen molar-refractivity contribution in [1.29, 1.82) is 5.26 Å². The second-order valence-electron chi connectivity index (χ2n) is 5.84. The highest BCUT2D eigenvalue weighted by atomic mass is 32.2. The summed E-state index contributed by atoms with van der Waals surface area (Å²) in [5, 5.41) is 8.87. The van der Waals surface area contributed by atoms with Gasteiger partial charge in [0.05, 0.1) is 24.0 Å². The Morgan fingerprint density at radius 1 is 1.14 bits per heavy atom. The summed E-state index contributed by atoms with van der Waals surface area (Å²) in [6, 6.07) is 17.0. The van der Waals surface area contributed by atoms with E-state index in [9.17, 15) is 13.2 Å². The molecule has 0 saturated carbocycles. The number of carbonyl (C=O) groups excluding carboxylic acids is 1. The number of benzene rings is 2. The molecular formula is C20H23N3O4S. The van der Waals surface area contributed by atoms with Crippen molar-refractivity contribution in [3.8, 4) is 11.8 Å². The van der Waals surface area contributed by atoms with Gasteiger partial charge in [0.25, 0.3) is 0 Å². The van der Waals surface area contributed by atoms with Crippen molar-refractivity contribution in [3.05, 3.63) is 54.6 Å². The van der Waals surface area contributed by atoms with Gasteiger partial charge in [-0.2, -0.15) is 5.26 Å². The number of nitrogens with one attached hydrogen (secondary N) is 1. The number of amides is 1. The summed E-state index contributed by atoms with van der Waals surface area (Å²) in [4.78, 5) is 14.3. The van der Waals surface area contributed by atoms with Gasteiger partial charge in [-0.1, -0.05) is 18.2 Å². The number of hydrogen-bond acceptors (Lipinski definition) is 5. The van der Waals surface area contributed by atoms with E-state index in [0.717, 1.165) is 0 Å². The Morgan fingerprint density at radius 2 is 1.82 bits per heavy atom. The van der Waals surface area contributed by atoms with Crippen molar-refractivity contribution >= 4 is 21.6 Å². The molecule has 1 N–H and O–H groups in total. The first-order chi connectivity index (χ1) is 13.5. The smallest absolute Gasteiger partial charge is 0.240 e. The van der Waals surface area contributed by atoms with Crippen LogP contribution in [0.5, 0.6) is 5.75 Å². The third kappa shape index (κ3) is 6.08. The number of nitriles is 1. The third-order valence-electron chi connectivity index (χ3n) is 3.89. The number of rotatable bonds is 10. The fraction of sp³-hybridized carbons (Fsp3) is 0.300. The lowest BCUT2D eigenvalue weighted by molar-refractivity contribution is -0.118. The Labute approximate surface area is 165 Å². The zero-order chi connectivity index (χ0) is 20.4. The monoisotopic (exact) mass is 401 g/mol. The van der Waals surface area contributed by atoms with Crippen LogP contribution in [0, 0.1) is 11.3 Å². The number of nitrogens with zero attached hydrogens (tertiary/aromatic N) is 2. The average Bonchev–Trinajstić information content (AvgIpc) is 2.70. The van der Waals surface area contributed by atoms with Crippen LogP contribution in [0.1, 0.15) is 19.8 Å². The largest absolute Gasteiger partial charge is 0.494 e.